The summed E-state index contributed by atoms with van der Waals surface area (Å²) in [5.74, 6) is 1.30. The van der Waals surface area contributed by atoms with Crippen LogP contribution in [0, 0.1) is 0 Å². The molecule has 3 amide bonds. The Labute approximate surface area is 207 Å². The van der Waals surface area contributed by atoms with Crippen LogP contribution in [0.3, 0.4) is 0 Å². The Bertz CT molecular complexity index is 1230. The predicted octanol–water partition coefficient (Wildman–Crippen LogP) is 2.01. The second-order valence-electron chi connectivity index (χ2n) is 8.77. The Kier molecular flexibility index (Phi) is 6.80. The highest BCUT2D eigenvalue weighted by atomic mass is 16.5. The number of amides is 3. The monoisotopic (exact) mass is 495 g/mol. The lowest BCUT2D eigenvalue weighted by Crippen LogP contribution is -2.47. The van der Waals surface area contributed by atoms with Gasteiger partial charge in [0.25, 0.3) is 0 Å². The number of aryl methyl sites for hydroxylation is 1. The number of morpholine rings is 1. The van der Waals surface area contributed by atoms with Crippen molar-refractivity contribution in [2.75, 3.05) is 49.6 Å². The standard InChI is InChI=1S/C23H29N9O4/c1-2-32-21-18(28-29-32)20(30-11-13-36-14-12-30)26-19(27-21)15-3-5-16(6-4-15)24-22(33)25-17-7-9-31(10-8-17)23(34)35/h3-6,17H,2,7-14H2,1H3,(H,34,35)(H2,24,25,33). The number of urea groups is 1. The Morgan fingerprint density at radius 3 is 2.47 bits per heavy atom. The van der Waals surface area contributed by atoms with E-state index in [1.165, 1.54) is 4.90 Å². The maximum absolute atomic E-state index is 12.4. The molecule has 13 nitrogen and oxygen atoms in total. The van der Waals surface area contributed by atoms with Crippen molar-refractivity contribution in [1.29, 1.82) is 0 Å². The van der Waals surface area contributed by atoms with Crippen LogP contribution in [-0.4, -0.2) is 92.5 Å². The van der Waals surface area contributed by atoms with Gasteiger partial charge in [-0.15, -0.1) is 5.10 Å². The van der Waals surface area contributed by atoms with Gasteiger partial charge in [-0.25, -0.2) is 24.2 Å². The van der Waals surface area contributed by atoms with E-state index >= 15 is 0 Å². The van der Waals surface area contributed by atoms with Crippen molar-refractivity contribution in [2.45, 2.75) is 32.4 Å². The average molecular weight is 496 g/mol. The zero-order chi connectivity index (χ0) is 25.1. The van der Waals surface area contributed by atoms with E-state index in [-0.39, 0.29) is 12.1 Å². The van der Waals surface area contributed by atoms with Crippen LogP contribution in [0.4, 0.5) is 21.1 Å². The number of carboxylic acid groups (broad SMARTS) is 1. The van der Waals surface area contributed by atoms with Gasteiger partial charge in [0.1, 0.15) is 0 Å². The van der Waals surface area contributed by atoms with Gasteiger partial charge in [0.05, 0.1) is 13.2 Å². The lowest BCUT2D eigenvalue weighted by Gasteiger charge is -2.30. The van der Waals surface area contributed by atoms with E-state index in [2.05, 4.69) is 25.8 Å². The highest BCUT2D eigenvalue weighted by molar-refractivity contribution is 5.90. The fraction of sp³-hybridized carbons (Fsp3) is 0.478. The number of nitrogens with zero attached hydrogens (tertiary/aromatic N) is 7. The van der Waals surface area contributed by atoms with Crippen molar-refractivity contribution in [1.82, 2.24) is 35.2 Å². The molecule has 0 unspecified atom stereocenters. The molecule has 2 aliphatic rings. The molecule has 0 bridgehead atoms. The second kappa shape index (κ2) is 10.3. The summed E-state index contributed by atoms with van der Waals surface area (Å²) in [4.78, 5) is 36.6. The van der Waals surface area contributed by atoms with E-state index in [0.717, 1.165) is 24.5 Å². The zero-order valence-electron chi connectivity index (χ0n) is 20.1. The van der Waals surface area contributed by atoms with Crippen molar-refractivity contribution in [3.63, 3.8) is 0 Å². The van der Waals surface area contributed by atoms with Crippen molar-refractivity contribution in [3.8, 4) is 11.4 Å². The van der Waals surface area contributed by atoms with Crippen LogP contribution in [0.15, 0.2) is 24.3 Å². The molecule has 2 aromatic heterocycles. The minimum absolute atomic E-state index is 0.0596. The van der Waals surface area contributed by atoms with E-state index in [1.54, 1.807) is 16.8 Å². The third-order valence-electron chi connectivity index (χ3n) is 6.46. The van der Waals surface area contributed by atoms with Crippen LogP contribution in [0.1, 0.15) is 19.8 Å². The molecule has 13 heteroatoms. The molecule has 3 N–H and O–H groups in total. The van der Waals surface area contributed by atoms with Gasteiger partial charge in [-0.3, -0.25) is 0 Å². The molecule has 2 aliphatic heterocycles. The van der Waals surface area contributed by atoms with Gasteiger partial charge < -0.3 is 30.3 Å². The highest BCUT2D eigenvalue weighted by Gasteiger charge is 2.24. The fourth-order valence-electron chi connectivity index (χ4n) is 4.45. The Balaban J connectivity index is 1.30. The fourth-order valence-corrected chi connectivity index (χ4v) is 4.45. The first-order chi connectivity index (χ1) is 17.5. The zero-order valence-corrected chi connectivity index (χ0v) is 20.1. The number of benzene rings is 1. The first kappa shape index (κ1) is 23.7. The number of ether oxygens (including phenoxy) is 1. The van der Waals surface area contributed by atoms with E-state index in [1.807, 2.05) is 19.1 Å². The molecule has 0 atom stereocenters. The summed E-state index contributed by atoms with van der Waals surface area (Å²) in [5, 5.41) is 23.4. The highest BCUT2D eigenvalue weighted by Crippen LogP contribution is 2.27. The van der Waals surface area contributed by atoms with Crippen LogP contribution < -0.4 is 15.5 Å². The Hall–Kier alpha value is -4.00. The number of hydrogen-bond acceptors (Lipinski definition) is 8. The molecule has 36 heavy (non-hydrogen) atoms. The number of likely N-dealkylation sites (tertiary alicyclic amines) is 1. The number of aromatic nitrogens is 5. The number of carbonyl (C=O) groups is 2. The van der Waals surface area contributed by atoms with Crippen LogP contribution in [0.25, 0.3) is 22.6 Å². The third kappa shape index (κ3) is 5.00. The first-order valence-corrected chi connectivity index (χ1v) is 12.1. The number of carbonyl (C=O) groups excluding carboxylic acids is 1. The second-order valence-corrected chi connectivity index (χ2v) is 8.77. The minimum Gasteiger partial charge on any atom is -0.465 e. The number of rotatable bonds is 5. The van der Waals surface area contributed by atoms with Gasteiger partial charge >= 0.3 is 12.1 Å². The number of fused-ring (bicyclic) bond motifs is 1. The molecule has 1 aromatic carbocycles. The number of hydrogen-bond donors (Lipinski definition) is 3. The van der Waals surface area contributed by atoms with Gasteiger partial charge in [-0.05, 0) is 44.0 Å². The van der Waals surface area contributed by atoms with Crippen LogP contribution in [-0.2, 0) is 11.3 Å². The molecule has 3 aromatic rings. The van der Waals surface area contributed by atoms with E-state index < -0.39 is 6.09 Å². The van der Waals surface area contributed by atoms with E-state index in [0.29, 0.717) is 68.4 Å². The summed E-state index contributed by atoms with van der Waals surface area (Å²) >= 11 is 0. The third-order valence-corrected chi connectivity index (χ3v) is 6.46. The molecule has 0 aliphatic carbocycles. The summed E-state index contributed by atoms with van der Waals surface area (Å²) in [6.07, 6.45) is 0.258. The van der Waals surface area contributed by atoms with Gasteiger partial charge in [0, 0.05) is 50.0 Å². The van der Waals surface area contributed by atoms with Crippen molar-refractivity contribution < 1.29 is 19.4 Å². The summed E-state index contributed by atoms with van der Waals surface area (Å²) in [7, 11) is 0. The van der Waals surface area contributed by atoms with Crippen LogP contribution >= 0.6 is 0 Å². The molecule has 4 heterocycles. The summed E-state index contributed by atoms with van der Waals surface area (Å²) in [6.45, 7) is 6.16. The molecule has 2 fully saturated rings. The number of nitrogens with one attached hydrogen (secondary N) is 2. The number of piperidine rings is 1. The normalized spacial score (nSPS) is 16.8. The van der Waals surface area contributed by atoms with Crippen molar-refractivity contribution in [2.24, 2.45) is 0 Å². The van der Waals surface area contributed by atoms with Crippen molar-refractivity contribution in [3.05, 3.63) is 24.3 Å². The Morgan fingerprint density at radius 2 is 1.81 bits per heavy atom. The largest absolute Gasteiger partial charge is 0.465 e. The predicted molar refractivity (Wildman–Crippen MR) is 132 cm³/mol. The molecule has 2 saturated heterocycles. The molecule has 5 rings (SSSR count). The molecule has 0 spiro atoms. The molecule has 0 saturated carbocycles. The van der Waals surface area contributed by atoms with Gasteiger partial charge in [0.2, 0.25) is 0 Å². The number of anilines is 2. The lowest BCUT2D eigenvalue weighted by molar-refractivity contribution is 0.122. The quantitative estimate of drug-likeness (QED) is 0.483. The van der Waals surface area contributed by atoms with Gasteiger partial charge in [0.15, 0.2) is 22.8 Å². The first-order valence-electron chi connectivity index (χ1n) is 12.1. The topological polar surface area (TPSA) is 151 Å². The SMILES string of the molecule is CCn1nnc2c(N3CCOCC3)nc(-c3ccc(NC(=O)NC4CCN(C(=O)O)CC4)cc3)nc21. The summed E-state index contributed by atoms with van der Waals surface area (Å²) in [6, 6.07) is 6.96. The van der Waals surface area contributed by atoms with Crippen LogP contribution in [0.2, 0.25) is 0 Å². The molecule has 0 radical (unpaired) electrons. The molecular formula is C23H29N9O4. The maximum atomic E-state index is 12.4. The maximum Gasteiger partial charge on any atom is 0.407 e. The smallest absolute Gasteiger partial charge is 0.407 e. The Morgan fingerprint density at radius 1 is 1.08 bits per heavy atom. The van der Waals surface area contributed by atoms with E-state index in [4.69, 9.17) is 19.8 Å². The minimum atomic E-state index is -0.923. The summed E-state index contributed by atoms with van der Waals surface area (Å²) in [5.41, 5.74) is 2.79. The van der Waals surface area contributed by atoms with Crippen LogP contribution in [0.5, 0.6) is 0 Å². The lowest BCUT2D eigenvalue weighted by atomic mass is 10.1. The summed E-state index contributed by atoms with van der Waals surface area (Å²) < 4.78 is 7.25. The average Bonchev–Trinajstić information content (AvgIpc) is 3.32. The van der Waals surface area contributed by atoms with Crippen molar-refractivity contribution >= 4 is 34.8 Å². The molecule has 190 valence electrons. The molecular weight excluding hydrogens is 466 g/mol. The van der Waals surface area contributed by atoms with E-state index in [9.17, 15) is 9.59 Å². The van der Waals surface area contributed by atoms with Gasteiger partial charge in [-0.1, -0.05) is 5.21 Å². The van der Waals surface area contributed by atoms with Gasteiger partial charge in [-0.2, -0.15) is 0 Å².